The average Bonchev–Trinajstić information content (AvgIpc) is 2.70. The van der Waals surface area contributed by atoms with E-state index in [-0.39, 0.29) is 11.5 Å². The van der Waals surface area contributed by atoms with Crippen molar-refractivity contribution in [2.45, 2.75) is 33.1 Å². The molecule has 0 radical (unpaired) electrons. The van der Waals surface area contributed by atoms with Crippen molar-refractivity contribution in [2.75, 3.05) is 5.73 Å². The molecule has 0 aliphatic heterocycles. The Morgan fingerprint density at radius 1 is 1.38 bits per heavy atom. The van der Waals surface area contributed by atoms with Gasteiger partial charge in [0.25, 0.3) is 0 Å². The van der Waals surface area contributed by atoms with Gasteiger partial charge in [-0.05, 0) is 24.6 Å². The fraction of sp³-hybridized carbons (Fsp3) is 0.357. The van der Waals surface area contributed by atoms with Gasteiger partial charge in [-0.1, -0.05) is 38.4 Å². The van der Waals surface area contributed by atoms with Crippen LogP contribution in [0.4, 0.5) is 11.5 Å². The largest absolute Gasteiger partial charge is 0.378 e. The van der Waals surface area contributed by atoms with Crippen LogP contribution in [0.15, 0.2) is 18.2 Å². The Morgan fingerprint density at radius 2 is 2.00 bits per heavy atom. The summed E-state index contributed by atoms with van der Waals surface area (Å²) >= 11 is 6.10. The Hall–Kier alpha value is -2.08. The highest BCUT2D eigenvalue weighted by atomic mass is 35.5. The monoisotopic (exact) mass is 308 g/mol. The molecule has 6 nitrogen and oxygen atoms in total. The Bertz CT molecular complexity index is 716. The zero-order valence-electron chi connectivity index (χ0n) is 12.3. The molecule has 1 aromatic heterocycles. The maximum absolute atomic E-state index is 11.3. The van der Waals surface area contributed by atoms with Gasteiger partial charge in [0.1, 0.15) is 5.69 Å². The molecule has 0 aliphatic carbocycles. The molecule has 1 heterocycles. The lowest BCUT2D eigenvalue weighted by Crippen LogP contribution is -2.14. The van der Waals surface area contributed by atoms with Gasteiger partial charge in [-0.15, -0.1) is 0 Å². The number of benzene rings is 1. The average molecular weight is 309 g/mol. The van der Waals surface area contributed by atoms with Gasteiger partial charge in [0, 0.05) is 10.4 Å². The van der Waals surface area contributed by atoms with E-state index in [1.54, 1.807) is 12.1 Å². The van der Waals surface area contributed by atoms with Gasteiger partial charge in [0.15, 0.2) is 0 Å². The predicted molar refractivity (Wildman–Crippen MR) is 83.1 cm³/mol. The minimum absolute atomic E-state index is 0.00449. The quantitative estimate of drug-likeness (QED) is 0.678. The lowest BCUT2D eigenvalue weighted by atomic mass is 9.91. The van der Waals surface area contributed by atoms with Crippen molar-refractivity contribution in [3.63, 3.8) is 0 Å². The van der Waals surface area contributed by atoms with Crippen molar-refractivity contribution < 1.29 is 4.92 Å². The van der Waals surface area contributed by atoms with E-state index in [1.165, 1.54) is 4.68 Å². The summed E-state index contributed by atoms with van der Waals surface area (Å²) in [5.41, 5.74) is 7.16. The van der Waals surface area contributed by atoms with Crippen LogP contribution in [0.3, 0.4) is 0 Å². The van der Waals surface area contributed by atoms with Gasteiger partial charge in [-0.25, -0.2) is 4.68 Å². The molecular formula is C14H17ClN4O2. The SMILES string of the molecule is Cc1ccc(-n2nc(C(C)(C)C)c([N+](=O)[O-])c2N)cc1Cl. The van der Waals surface area contributed by atoms with Crippen LogP contribution in [0.25, 0.3) is 5.69 Å². The van der Waals surface area contributed by atoms with E-state index in [9.17, 15) is 10.1 Å². The fourth-order valence-electron chi connectivity index (χ4n) is 2.02. The number of nitrogen functional groups attached to an aromatic ring is 1. The Kier molecular flexibility index (Phi) is 3.67. The molecule has 0 spiro atoms. The van der Waals surface area contributed by atoms with Crippen molar-refractivity contribution in [2.24, 2.45) is 0 Å². The first kappa shape index (κ1) is 15.3. The maximum Gasteiger partial charge on any atom is 0.334 e. The molecule has 2 aromatic rings. The molecule has 2 N–H and O–H groups in total. The minimum atomic E-state index is -0.491. The summed E-state index contributed by atoms with van der Waals surface area (Å²) in [4.78, 5) is 10.8. The van der Waals surface area contributed by atoms with Crippen LogP contribution >= 0.6 is 11.6 Å². The number of aryl methyl sites for hydroxylation is 1. The second kappa shape index (κ2) is 5.04. The lowest BCUT2D eigenvalue weighted by Gasteiger charge is -2.13. The fourth-order valence-corrected chi connectivity index (χ4v) is 2.19. The normalized spacial score (nSPS) is 11.7. The number of aromatic nitrogens is 2. The molecule has 0 saturated carbocycles. The van der Waals surface area contributed by atoms with E-state index in [1.807, 2.05) is 33.8 Å². The van der Waals surface area contributed by atoms with Crippen LogP contribution in [-0.4, -0.2) is 14.7 Å². The number of anilines is 1. The van der Waals surface area contributed by atoms with Crippen LogP contribution < -0.4 is 5.73 Å². The highest BCUT2D eigenvalue weighted by Gasteiger charge is 2.34. The van der Waals surface area contributed by atoms with Gasteiger partial charge < -0.3 is 5.73 Å². The van der Waals surface area contributed by atoms with E-state index < -0.39 is 10.3 Å². The Balaban J connectivity index is 2.71. The standard InChI is InChI=1S/C14H17ClN4O2/c1-8-5-6-9(7-10(8)15)18-13(16)11(19(20)21)12(17-18)14(2,3)4/h5-7H,16H2,1-4H3. The number of hydrogen-bond acceptors (Lipinski definition) is 4. The summed E-state index contributed by atoms with van der Waals surface area (Å²) in [5.74, 6) is 0.00449. The molecule has 1 aromatic carbocycles. The smallest absolute Gasteiger partial charge is 0.334 e. The topological polar surface area (TPSA) is 87.0 Å². The van der Waals surface area contributed by atoms with Crippen LogP contribution in [-0.2, 0) is 5.41 Å². The van der Waals surface area contributed by atoms with Gasteiger partial charge in [0.05, 0.1) is 10.6 Å². The molecule has 0 atom stereocenters. The van der Waals surface area contributed by atoms with Crippen molar-refractivity contribution >= 4 is 23.1 Å². The van der Waals surface area contributed by atoms with Crippen LogP contribution in [0.5, 0.6) is 0 Å². The number of nitro groups is 1. The second-order valence-corrected chi connectivity index (χ2v) is 6.34. The van der Waals surface area contributed by atoms with Gasteiger partial charge in [-0.3, -0.25) is 10.1 Å². The predicted octanol–water partition coefficient (Wildman–Crippen LogP) is 3.62. The van der Waals surface area contributed by atoms with Crippen molar-refractivity contribution in [3.8, 4) is 5.69 Å². The van der Waals surface area contributed by atoms with Gasteiger partial charge in [0.2, 0.25) is 5.82 Å². The van der Waals surface area contributed by atoms with Gasteiger partial charge in [-0.2, -0.15) is 5.10 Å². The van der Waals surface area contributed by atoms with E-state index in [4.69, 9.17) is 17.3 Å². The molecule has 0 saturated heterocycles. The van der Waals surface area contributed by atoms with E-state index in [0.29, 0.717) is 16.4 Å². The summed E-state index contributed by atoms with van der Waals surface area (Å²) in [6.07, 6.45) is 0. The van der Waals surface area contributed by atoms with Crippen molar-refractivity contribution in [1.29, 1.82) is 0 Å². The highest BCUT2D eigenvalue weighted by molar-refractivity contribution is 6.31. The first-order chi connectivity index (χ1) is 9.62. The summed E-state index contributed by atoms with van der Waals surface area (Å²) in [5, 5.41) is 16.2. The first-order valence-corrected chi connectivity index (χ1v) is 6.80. The molecule has 0 aliphatic rings. The lowest BCUT2D eigenvalue weighted by molar-refractivity contribution is -0.385. The van der Waals surface area contributed by atoms with Crippen LogP contribution in [0.2, 0.25) is 5.02 Å². The van der Waals surface area contributed by atoms with E-state index in [0.717, 1.165) is 5.56 Å². The first-order valence-electron chi connectivity index (χ1n) is 6.43. The zero-order chi connectivity index (χ0) is 15.9. The van der Waals surface area contributed by atoms with E-state index in [2.05, 4.69) is 5.10 Å². The summed E-state index contributed by atoms with van der Waals surface area (Å²) < 4.78 is 1.37. The second-order valence-electron chi connectivity index (χ2n) is 5.93. The Labute approximate surface area is 127 Å². The molecule has 0 amide bonds. The third-order valence-corrected chi connectivity index (χ3v) is 3.60. The molecule has 0 bridgehead atoms. The number of nitrogens with zero attached hydrogens (tertiary/aromatic N) is 3. The third-order valence-electron chi connectivity index (χ3n) is 3.19. The highest BCUT2D eigenvalue weighted by Crippen LogP contribution is 2.36. The zero-order valence-corrected chi connectivity index (χ0v) is 13.1. The maximum atomic E-state index is 11.3. The van der Waals surface area contributed by atoms with Crippen molar-refractivity contribution in [1.82, 2.24) is 9.78 Å². The van der Waals surface area contributed by atoms with E-state index >= 15 is 0 Å². The number of rotatable bonds is 2. The molecular weight excluding hydrogens is 292 g/mol. The molecule has 2 rings (SSSR count). The molecule has 7 heteroatoms. The summed E-state index contributed by atoms with van der Waals surface area (Å²) in [7, 11) is 0. The number of halogens is 1. The van der Waals surface area contributed by atoms with Crippen LogP contribution in [0, 0.1) is 17.0 Å². The molecule has 21 heavy (non-hydrogen) atoms. The van der Waals surface area contributed by atoms with Crippen molar-refractivity contribution in [3.05, 3.63) is 44.6 Å². The minimum Gasteiger partial charge on any atom is -0.378 e. The summed E-state index contributed by atoms with van der Waals surface area (Å²) in [6, 6.07) is 5.29. The van der Waals surface area contributed by atoms with Crippen LogP contribution in [0.1, 0.15) is 32.0 Å². The molecule has 0 unspecified atom stereocenters. The van der Waals surface area contributed by atoms with Gasteiger partial charge >= 0.3 is 5.69 Å². The third kappa shape index (κ3) is 2.71. The molecule has 0 fully saturated rings. The Morgan fingerprint density at radius 3 is 2.43 bits per heavy atom. The molecule has 112 valence electrons. The summed E-state index contributed by atoms with van der Waals surface area (Å²) in [6.45, 7) is 7.44. The number of nitrogens with two attached hydrogens (primary N) is 1. The number of hydrogen-bond donors (Lipinski definition) is 1.